The molecule has 1 aromatic rings. The lowest BCUT2D eigenvalue weighted by Crippen LogP contribution is -2.44. The van der Waals surface area contributed by atoms with Gasteiger partial charge in [0.25, 0.3) is 0 Å². The first-order valence-electron chi connectivity index (χ1n) is 7.86. The summed E-state index contributed by atoms with van der Waals surface area (Å²) in [5, 5.41) is 6.51. The van der Waals surface area contributed by atoms with Crippen LogP contribution in [0.3, 0.4) is 0 Å². The number of unbranched alkanes of at least 4 members (excludes halogenated alkanes) is 1. The van der Waals surface area contributed by atoms with Crippen molar-refractivity contribution in [3.8, 4) is 0 Å². The number of halogens is 1. The number of pyridine rings is 1. The summed E-state index contributed by atoms with van der Waals surface area (Å²) in [4.78, 5) is 16.1. The first kappa shape index (κ1) is 21.9. The van der Waals surface area contributed by atoms with Gasteiger partial charge in [0.2, 0.25) is 5.56 Å². The third-order valence-electron chi connectivity index (χ3n) is 3.12. The molecule has 1 atom stereocenters. The molecule has 1 unspecified atom stereocenters. The van der Waals surface area contributed by atoms with Gasteiger partial charge in [-0.05, 0) is 32.8 Å². The van der Waals surface area contributed by atoms with E-state index < -0.39 is 0 Å². The van der Waals surface area contributed by atoms with E-state index in [1.165, 1.54) is 0 Å². The fraction of sp³-hybridized carbons (Fsp3) is 0.625. The summed E-state index contributed by atoms with van der Waals surface area (Å²) in [7, 11) is 1.69. The van der Waals surface area contributed by atoms with Gasteiger partial charge in [0.15, 0.2) is 5.96 Å². The Morgan fingerprint density at radius 3 is 2.83 bits per heavy atom. The average molecular weight is 436 g/mol. The van der Waals surface area contributed by atoms with Gasteiger partial charge in [0.05, 0.1) is 6.61 Å². The fourth-order valence-electron chi connectivity index (χ4n) is 2.08. The lowest BCUT2D eigenvalue weighted by Gasteiger charge is -2.16. The molecule has 0 aliphatic carbocycles. The number of guanidine groups is 1. The molecular formula is C16H29IN4O2. The minimum Gasteiger partial charge on any atom is -0.383 e. The van der Waals surface area contributed by atoms with Gasteiger partial charge in [-0.2, -0.15) is 0 Å². The van der Waals surface area contributed by atoms with Crippen LogP contribution in [0.2, 0.25) is 0 Å². The predicted molar refractivity (Wildman–Crippen MR) is 106 cm³/mol. The van der Waals surface area contributed by atoms with Gasteiger partial charge in [-0.15, -0.1) is 24.0 Å². The van der Waals surface area contributed by atoms with Crippen molar-refractivity contribution in [1.29, 1.82) is 0 Å². The molecule has 6 nitrogen and oxygen atoms in total. The first-order valence-corrected chi connectivity index (χ1v) is 7.86. The van der Waals surface area contributed by atoms with E-state index in [2.05, 4.69) is 22.5 Å². The number of ether oxygens (including phenoxy) is 1. The fourth-order valence-corrected chi connectivity index (χ4v) is 2.08. The number of aliphatic imine (C=N–C) groups is 1. The second-order valence-corrected chi connectivity index (χ2v) is 5.20. The van der Waals surface area contributed by atoms with Crippen LogP contribution in [0.25, 0.3) is 0 Å². The normalized spacial score (nSPS) is 12.4. The molecule has 0 amide bonds. The van der Waals surface area contributed by atoms with Gasteiger partial charge in [-0.1, -0.05) is 6.07 Å². The van der Waals surface area contributed by atoms with Crippen molar-refractivity contribution >= 4 is 29.9 Å². The zero-order chi connectivity index (χ0) is 16.2. The van der Waals surface area contributed by atoms with Crippen LogP contribution in [0.15, 0.2) is 34.2 Å². The van der Waals surface area contributed by atoms with Gasteiger partial charge in [-0.3, -0.25) is 9.79 Å². The monoisotopic (exact) mass is 436 g/mol. The molecule has 23 heavy (non-hydrogen) atoms. The quantitative estimate of drug-likeness (QED) is 0.268. The average Bonchev–Trinajstić information content (AvgIpc) is 2.49. The summed E-state index contributed by atoms with van der Waals surface area (Å²) in [6, 6.07) is 5.44. The predicted octanol–water partition coefficient (Wildman–Crippen LogP) is 1.84. The van der Waals surface area contributed by atoms with Crippen molar-refractivity contribution < 1.29 is 4.74 Å². The molecule has 0 aliphatic heterocycles. The molecule has 0 spiro atoms. The van der Waals surface area contributed by atoms with Crippen molar-refractivity contribution in [2.75, 3.05) is 26.8 Å². The maximum atomic E-state index is 11.6. The lowest BCUT2D eigenvalue weighted by molar-refractivity contribution is 0.179. The molecule has 0 fully saturated rings. The minimum atomic E-state index is 0. The summed E-state index contributed by atoms with van der Waals surface area (Å²) < 4.78 is 6.84. The largest absolute Gasteiger partial charge is 0.383 e. The lowest BCUT2D eigenvalue weighted by atomic mass is 10.3. The third kappa shape index (κ3) is 9.60. The standard InChI is InChI=1S/C16H28N4O2.HI/c1-4-17-16(19-14(2)13-22-3)18-10-6-8-12-20-11-7-5-9-15(20)21;/h5,7,9,11,14H,4,6,8,10,12-13H2,1-3H3,(H2,17,18,19);1H. The molecule has 2 N–H and O–H groups in total. The van der Waals surface area contributed by atoms with Crippen LogP contribution >= 0.6 is 24.0 Å². The molecule has 7 heteroatoms. The zero-order valence-corrected chi connectivity index (χ0v) is 16.6. The second-order valence-electron chi connectivity index (χ2n) is 5.20. The summed E-state index contributed by atoms with van der Waals surface area (Å²) in [5.74, 6) is 0.809. The second kappa shape index (κ2) is 13.4. The molecule has 0 bridgehead atoms. The highest BCUT2D eigenvalue weighted by Gasteiger charge is 2.03. The molecule has 1 aromatic heterocycles. The summed E-state index contributed by atoms with van der Waals surface area (Å²) >= 11 is 0. The Morgan fingerprint density at radius 1 is 1.39 bits per heavy atom. The Labute approximate surface area is 155 Å². The van der Waals surface area contributed by atoms with Crippen molar-refractivity contribution in [2.45, 2.75) is 39.3 Å². The van der Waals surface area contributed by atoms with Crippen LogP contribution in [-0.2, 0) is 11.3 Å². The van der Waals surface area contributed by atoms with E-state index in [4.69, 9.17) is 4.74 Å². The number of rotatable bonds is 9. The van der Waals surface area contributed by atoms with E-state index in [1.54, 1.807) is 23.8 Å². The van der Waals surface area contributed by atoms with Gasteiger partial charge in [0.1, 0.15) is 0 Å². The Morgan fingerprint density at radius 2 is 2.17 bits per heavy atom. The molecule has 0 aromatic carbocycles. The number of nitrogens with zero attached hydrogens (tertiary/aromatic N) is 2. The van der Waals surface area contributed by atoms with Gasteiger partial charge in [-0.25, -0.2) is 0 Å². The Bertz CT molecular complexity index is 505. The Hall–Kier alpha value is -1.09. The van der Waals surface area contributed by atoms with E-state index in [9.17, 15) is 4.79 Å². The molecule has 1 rings (SSSR count). The first-order chi connectivity index (χ1) is 10.7. The van der Waals surface area contributed by atoms with Crippen molar-refractivity contribution in [3.63, 3.8) is 0 Å². The highest BCUT2D eigenvalue weighted by atomic mass is 127. The topological polar surface area (TPSA) is 67.7 Å². The number of aryl methyl sites for hydroxylation is 1. The minimum absolute atomic E-state index is 0. The molecule has 0 aliphatic rings. The summed E-state index contributed by atoms with van der Waals surface area (Å²) in [6.07, 6.45) is 3.70. The van der Waals surface area contributed by atoms with E-state index in [0.29, 0.717) is 6.61 Å². The van der Waals surface area contributed by atoms with E-state index >= 15 is 0 Å². The molecular weight excluding hydrogens is 407 g/mol. The van der Waals surface area contributed by atoms with Crippen LogP contribution in [0.4, 0.5) is 0 Å². The molecule has 1 heterocycles. The molecule has 0 radical (unpaired) electrons. The molecule has 132 valence electrons. The third-order valence-corrected chi connectivity index (χ3v) is 3.12. The Balaban J connectivity index is 0.00000484. The SMILES string of the molecule is CCNC(=NCCCCn1ccccc1=O)NC(C)COC.I. The zero-order valence-electron chi connectivity index (χ0n) is 14.2. The van der Waals surface area contributed by atoms with Gasteiger partial charge < -0.3 is 19.9 Å². The summed E-state index contributed by atoms with van der Waals surface area (Å²) in [5.41, 5.74) is 0.0504. The number of hydrogen-bond donors (Lipinski definition) is 2. The maximum Gasteiger partial charge on any atom is 0.250 e. The van der Waals surface area contributed by atoms with E-state index in [0.717, 1.165) is 38.4 Å². The van der Waals surface area contributed by atoms with Crippen molar-refractivity contribution in [1.82, 2.24) is 15.2 Å². The van der Waals surface area contributed by atoms with E-state index in [1.807, 2.05) is 19.2 Å². The van der Waals surface area contributed by atoms with Crippen LogP contribution in [0, 0.1) is 0 Å². The number of nitrogens with one attached hydrogen (secondary N) is 2. The highest BCUT2D eigenvalue weighted by Crippen LogP contribution is 1.94. The molecule has 0 saturated carbocycles. The highest BCUT2D eigenvalue weighted by molar-refractivity contribution is 14.0. The molecule has 0 saturated heterocycles. The van der Waals surface area contributed by atoms with Gasteiger partial charge in [0, 0.05) is 45.0 Å². The van der Waals surface area contributed by atoms with E-state index in [-0.39, 0.29) is 35.6 Å². The number of hydrogen-bond acceptors (Lipinski definition) is 3. The van der Waals surface area contributed by atoms with Crippen molar-refractivity contribution in [3.05, 3.63) is 34.7 Å². The number of aromatic nitrogens is 1. The van der Waals surface area contributed by atoms with Gasteiger partial charge >= 0.3 is 0 Å². The van der Waals surface area contributed by atoms with Crippen molar-refractivity contribution in [2.24, 2.45) is 4.99 Å². The summed E-state index contributed by atoms with van der Waals surface area (Å²) in [6.45, 7) is 7.03. The van der Waals surface area contributed by atoms with Crippen LogP contribution in [-0.4, -0.2) is 43.4 Å². The Kier molecular flexibility index (Phi) is 12.7. The maximum absolute atomic E-state index is 11.6. The number of methoxy groups -OCH3 is 1. The van der Waals surface area contributed by atoms with Crippen LogP contribution in [0.5, 0.6) is 0 Å². The smallest absolute Gasteiger partial charge is 0.250 e. The van der Waals surface area contributed by atoms with Crippen LogP contribution in [0.1, 0.15) is 26.7 Å². The van der Waals surface area contributed by atoms with Crippen LogP contribution < -0.4 is 16.2 Å².